The second-order valence-corrected chi connectivity index (χ2v) is 3.75. The van der Waals surface area contributed by atoms with Gasteiger partial charge in [-0.2, -0.15) is 0 Å². The minimum absolute atomic E-state index is 0.0100. The molecular formula is C12H18N2O2. The molecule has 0 aliphatic carbocycles. The summed E-state index contributed by atoms with van der Waals surface area (Å²) in [4.78, 5) is 22.8. The van der Waals surface area contributed by atoms with Gasteiger partial charge in [-0.15, -0.1) is 0 Å². The second-order valence-electron chi connectivity index (χ2n) is 3.75. The summed E-state index contributed by atoms with van der Waals surface area (Å²) >= 11 is 0. The Kier molecular flexibility index (Phi) is 4.76. The molecule has 0 atom stereocenters. The van der Waals surface area contributed by atoms with Crippen molar-refractivity contribution in [3.8, 4) is 0 Å². The number of hydrogen-bond donors (Lipinski definition) is 1. The molecule has 1 aromatic heterocycles. The number of nitrogens with one attached hydrogen (secondary N) is 1. The van der Waals surface area contributed by atoms with E-state index in [0.717, 1.165) is 12.8 Å². The molecule has 4 heteroatoms. The number of amides is 1. The molecule has 0 radical (unpaired) electrons. The predicted octanol–water partition coefficient (Wildman–Crippen LogP) is 2.00. The highest BCUT2D eigenvalue weighted by atomic mass is 16.1. The number of aromatic nitrogens is 1. The van der Waals surface area contributed by atoms with Crippen molar-refractivity contribution in [1.82, 2.24) is 4.57 Å². The summed E-state index contributed by atoms with van der Waals surface area (Å²) < 4.78 is 1.61. The molecule has 1 N–H and O–H groups in total. The Morgan fingerprint density at radius 3 is 2.69 bits per heavy atom. The fraction of sp³-hybridized carbons (Fsp3) is 0.500. The summed E-state index contributed by atoms with van der Waals surface area (Å²) in [5, 5.41) is 2.77. The maximum Gasteiger partial charge on any atom is 0.250 e. The van der Waals surface area contributed by atoms with Gasteiger partial charge in [0, 0.05) is 25.2 Å². The van der Waals surface area contributed by atoms with E-state index in [1.807, 2.05) is 13.8 Å². The molecule has 0 aromatic carbocycles. The van der Waals surface area contributed by atoms with Crippen LogP contribution in [0.2, 0.25) is 0 Å². The molecule has 0 fully saturated rings. The average molecular weight is 222 g/mol. The van der Waals surface area contributed by atoms with Crippen LogP contribution in [0.4, 0.5) is 5.69 Å². The van der Waals surface area contributed by atoms with Crippen LogP contribution in [0.15, 0.2) is 23.1 Å². The Morgan fingerprint density at radius 2 is 2.06 bits per heavy atom. The maximum absolute atomic E-state index is 11.4. The number of rotatable bonds is 5. The van der Waals surface area contributed by atoms with Crippen molar-refractivity contribution in [2.75, 3.05) is 5.32 Å². The lowest BCUT2D eigenvalue weighted by molar-refractivity contribution is -0.116. The number of carbonyl (C=O) groups excluding carboxylic acids is 1. The molecule has 0 spiro atoms. The first-order valence-corrected chi connectivity index (χ1v) is 5.67. The van der Waals surface area contributed by atoms with E-state index >= 15 is 0 Å². The van der Waals surface area contributed by atoms with Crippen LogP contribution in [-0.4, -0.2) is 10.5 Å². The van der Waals surface area contributed by atoms with Crippen LogP contribution < -0.4 is 10.9 Å². The van der Waals surface area contributed by atoms with Gasteiger partial charge in [-0.25, -0.2) is 0 Å². The van der Waals surface area contributed by atoms with E-state index in [2.05, 4.69) is 5.32 Å². The fourth-order valence-corrected chi connectivity index (χ4v) is 1.47. The third-order valence-electron chi connectivity index (χ3n) is 2.21. The van der Waals surface area contributed by atoms with E-state index < -0.39 is 0 Å². The molecule has 0 bridgehead atoms. The second kappa shape index (κ2) is 6.10. The molecule has 1 rings (SSSR count). The Hall–Kier alpha value is -1.58. The number of nitrogens with zero attached hydrogens (tertiary/aromatic N) is 1. The summed E-state index contributed by atoms with van der Waals surface area (Å²) in [6, 6.07) is 3.12. The van der Waals surface area contributed by atoms with Crippen LogP contribution in [0.25, 0.3) is 0 Å². The van der Waals surface area contributed by atoms with Crippen LogP contribution in [0.3, 0.4) is 0 Å². The Labute approximate surface area is 95.3 Å². The minimum Gasteiger partial charge on any atom is -0.325 e. The van der Waals surface area contributed by atoms with Crippen molar-refractivity contribution in [1.29, 1.82) is 0 Å². The van der Waals surface area contributed by atoms with Gasteiger partial charge in [-0.05, 0) is 18.9 Å². The van der Waals surface area contributed by atoms with E-state index in [1.165, 1.54) is 6.07 Å². The summed E-state index contributed by atoms with van der Waals surface area (Å²) in [6.07, 6.45) is 3.92. The lowest BCUT2D eigenvalue weighted by atomic mass is 10.3. The largest absolute Gasteiger partial charge is 0.325 e. The minimum atomic E-state index is -0.0321. The van der Waals surface area contributed by atoms with Gasteiger partial charge in [-0.3, -0.25) is 9.59 Å². The molecule has 0 saturated carbocycles. The number of anilines is 1. The first-order chi connectivity index (χ1) is 7.67. The molecular weight excluding hydrogens is 204 g/mol. The smallest absolute Gasteiger partial charge is 0.250 e. The highest BCUT2D eigenvalue weighted by Gasteiger charge is 2.02. The molecule has 16 heavy (non-hydrogen) atoms. The monoisotopic (exact) mass is 222 g/mol. The number of hydrogen-bond acceptors (Lipinski definition) is 2. The molecule has 88 valence electrons. The SMILES string of the molecule is CCCC(=O)Nc1ccc(=O)n(CCC)c1. The van der Waals surface area contributed by atoms with Gasteiger partial charge in [0.15, 0.2) is 0 Å². The Morgan fingerprint density at radius 1 is 1.31 bits per heavy atom. The van der Waals surface area contributed by atoms with E-state index in [4.69, 9.17) is 0 Å². The van der Waals surface area contributed by atoms with Crippen molar-refractivity contribution in [2.45, 2.75) is 39.7 Å². The normalized spacial score (nSPS) is 10.1. The zero-order chi connectivity index (χ0) is 12.0. The standard InChI is InChI=1S/C12H18N2O2/c1-3-5-11(15)13-10-6-7-12(16)14(9-10)8-4-2/h6-7,9H,3-5,8H2,1-2H3,(H,13,15). The van der Waals surface area contributed by atoms with E-state index in [0.29, 0.717) is 18.7 Å². The van der Waals surface area contributed by atoms with Crippen LogP contribution in [0, 0.1) is 0 Å². The maximum atomic E-state index is 11.4. The first kappa shape index (κ1) is 12.5. The molecule has 1 heterocycles. The third-order valence-corrected chi connectivity index (χ3v) is 2.21. The van der Waals surface area contributed by atoms with Gasteiger partial charge in [0.05, 0.1) is 5.69 Å². The van der Waals surface area contributed by atoms with Gasteiger partial charge >= 0.3 is 0 Å². The highest BCUT2D eigenvalue weighted by molar-refractivity contribution is 5.90. The molecule has 0 aliphatic heterocycles. The van der Waals surface area contributed by atoms with Crippen molar-refractivity contribution < 1.29 is 4.79 Å². The quantitative estimate of drug-likeness (QED) is 0.828. The predicted molar refractivity (Wildman–Crippen MR) is 64.5 cm³/mol. The van der Waals surface area contributed by atoms with Gasteiger partial charge in [0.25, 0.3) is 5.56 Å². The Bertz CT molecular complexity index is 410. The zero-order valence-electron chi connectivity index (χ0n) is 9.82. The number of carbonyl (C=O) groups is 1. The van der Waals surface area contributed by atoms with Crippen molar-refractivity contribution in [2.24, 2.45) is 0 Å². The Balaban J connectivity index is 2.78. The summed E-state index contributed by atoms with van der Waals surface area (Å²) in [5.41, 5.74) is 0.654. The fourth-order valence-electron chi connectivity index (χ4n) is 1.47. The van der Waals surface area contributed by atoms with Crippen LogP contribution in [-0.2, 0) is 11.3 Å². The zero-order valence-corrected chi connectivity index (χ0v) is 9.82. The molecule has 0 saturated heterocycles. The summed E-state index contributed by atoms with van der Waals surface area (Å²) in [6.45, 7) is 4.64. The van der Waals surface area contributed by atoms with Crippen LogP contribution in [0.5, 0.6) is 0 Å². The van der Waals surface area contributed by atoms with Crippen LogP contribution >= 0.6 is 0 Å². The van der Waals surface area contributed by atoms with Crippen LogP contribution in [0.1, 0.15) is 33.1 Å². The third kappa shape index (κ3) is 3.53. The van der Waals surface area contributed by atoms with Crippen molar-refractivity contribution in [3.63, 3.8) is 0 Å². The van der Waals surface area contributed by atoms with E-state index in [-0.39, 0.29) is 11.5 Å². The van der Waals surface area contributed by atoms with Gasteiger partial charge in [0.1, 0.15) is 0 Å². The summed E-state index contributed by atoms with van der Waals surface area (Å²) in [5.74, 6) is -0.0100. The lowest BCUT2D eigenvalue weighted by Gasteiger charge is -2.08. The first-order valence-electron chi connectivity index (χ1n) is 5.67. The molecule has 1 amide bonds. The number of pyridine rings is 1. The summed E-state index contributed by atoms with van der Waals surface area (Å²) in [7, 11) is 0. The van der Waals surface area contributed by atoms with E-state index in [1.54, 1.807) is 16.8 Å². The molecule has 4 nitrogen and oxygen atoms in total. The topological polar surface area (TPSA) is 51.1 Å². The molecule has 0 unspecified atom stereocenters. The van der Waals surface area contributed by atoms with E-state index in [9.17, 15) is 9.59 Å². The van der Waals surface area contributed by atoms with Gasteiger partial charge in [0.2, 0.25) is 5.91 Å². The van der Waals surface area contributed by atoms with Gasteiger partial charge in [-0.1, -0.05) is 13.8 Å². The molecule has 1 aromatic rings. The highest BCUT2D eigenvalue weighted by Crippen LogP contribution is 2.05. The van der Waals surface area contributed by atoms with Crippen molar-refractivity contribution >= 4 is 11.6 Å². The average Bonchev–Trinajstić information content (AvgIpc) is 2.24. The lowest BCUT2D eigenvalue weighted by Crippen LogP contribution is -2.20. The molecule has 0 aliphatic rings. The van der Waals surface area contributed by atoms with Crippen molar-refractivity contribution in [3.05, 3.63) is 28.7 Å². The number of aryl methyl sites for hydroxylation is 1. The van der Waals surface area contributed by atoms with Gasteiger partial charge < -0.3 is 9.88 Å².